The molecule has 4 N–H and O–H groups in total. The Balaban J connectivity index is 0.000000235. The van der Waals surface area contributed by atoms with Crippen molar-refractivity contribution in [1.82, 2.24) is 5.43 Å². The van der Waals surface area contributed by atoms with Gasteiger partial charge >= 0.3 is 0 Å². The molecule has 0 aromatic heterocycles. The summed E-state index contributed by atoms with van der Waals surface area (Å²) in [6.07, 6.45) is 0.579. The molecule has 0 atom stereocenters. The Hall–Kier alpha value is -1.28. The number of carbonyl (C=O) groups is 1. The topological polar surface area (TPSA) is 70.4 Å². The number of anilines is 2. The lowest BCUT2D eigenvalue weighted by molar-refractivity contribution is -0.119. The first kappa shape index (κ1) is 19.8. The lowest BCUT2D eigenvalue weighted by Crippen LogP contribution is -2.32. The molecule has 124 valence electrons. The van der Waals surface area contributed by atoms with Crippen LogP contribution in [-0.4, -0.2) is 12.5 Å². The van der Waals surface area contributed by atoms with Gasteiger partial charge in [0, 0.05) is 27.6 Å². The van der Waals surface area contributed by atoms with Crippen LogP contribution in [0, 0.1) is 0 Å². The number of halogens is 3. The maximum atomic E-state index is 10.9. The Morgan fingerprint density at radius 2 is 1.52 bits per heavy atom. The van der Waals surface area contributed by atoms with Gasteiger partial charge in [0.25, 0.3) is 0 Å². The van der Waals surface area contributed by atoms with Crippen LogP contribution >= 0.6 is 44.3 Å². The summed E-state index contributed by atoms with van der Waals surface area (Å²) >= 11 is 6.67. The molecule has 1 fully saturated rings. The number of rotatable bonds is 2. The van der Waals surface area contributed by atoms with E-state index in [1.165, 1.54) is 0 Å². The standard InChI is InChI=1S/C9H9BrN2O.C6H7BrN2.ClH/c10-7-1-3-8(4-2-7)12-6-5-9(13)11-12;7-5-1-3-6(9-8)4-2-5;/h1-4H,5-6H2,(H,11,13);1-4,9H,8H2;1H. The Morgan fingerprint density at radius 1 is 1.00 bits per heavy atom. The van der Waals surface area contributed by atoms with Crippen molar-refractivity contribution in [2.24, 2.45) is 5.84 Å². The van der Waals surface area contributed by atoms with E-state index in [0.29, 0.717) is 6.42 Å². The van der Waals surface area contributed by atoms with Crippen LogP contribution in [0.15, 0.2) is 57.5 Å². The van der Waals surface area contributed by atoms with Gasteiger partial charge in [-0.25, -0.2) is 0 Å². The van der Waals surface area contributed by atoms with E-state index in [1.807, 2.05) is 53.5 Å². The molecule has 0 radical (unpaired) electrons. The van der Waals surface area contributed by atoms with Gasteiger partial charge < -0.3 is 5.43 Å². The molecule has 1 aliphatic heterocycles. The second-order valence-electron chi connectivity index (χ2n) is 4.56. The van der Waals surface area contributed by atoms with Crippen LogP contribution in [0.3, 0.4) is 0 Å². The number of benzene rings is 2. The molecule has 1 amide bonds. The summed E-state index contributed by atoms with van der Waals surface area (Å²) in [5.74, 6) is 5.22. The number of nitrogens with zero attached hydrogens (tertiary/aromatic N) is 1. The number of carbonyl (C=O) groups excluding carboxylic acids is 1. The Bertz CT molecular complexity index is 622. The van der Waals surface area contributed by atoms with Crippen LogP contribution in [0.4, 0.5) is 11.4 Å². The van der Waals surface area contributed by atoms with Gasteiger partial charge in [-0.15, -0.1) is 12.4 Å². The molecule has 1 aliphatic rings. The number of nitrogens with one attached hydrogen (secondary N) is 2. The molecule has 0 unspecified atom stereocenters. The quantitative estimate of drug-likeness (QED) is 0.467. The van der Waals surface area contributed by atoms with Crippen molar-refractivity contribution in [3.63, 3.8) is 0 Å². The largest absolute Gasteiger partial charge is 0.324 e. The fourth-order valence-electron chi connectivity index (χ4n) is 1.84. The van der Waals surface area contributed by atoms with Crippen LogP contribution < -0.4 is 21.7 Å². The van der Waals surface area contributed by atoms with E-state index in [1.54, 1.807) is 0 Å². The fraction of sp³-hybridized carbons (Fsp3) is 0.133. The first-order chi connectivity index (χ1) is 10.6. The molecule has 5 nitrogen and oxygen atoms in total. The van der Waals surface area contributed by atoms with Crippen molar-refractivity contribution in [3.05, 3.63) is 57.5 Å². The molecular formula is C15H17Br2ClN4O. The van der Waals surface area contributed by atoms with Crippen LogP contribution in [0.2, 0.25) is 0 Å². The molecule has 2 aromatic carbocycles. The van der Waals surface area contributed by atoms with Crippen LogP contribution in [0.25, 0.3) is 0 Å². The number of nitrogen functional groups attached to an aromatic ring is 1. The molecule has 0 bridgehead atoms. The van der Waals surface area contributed by atoms with E-state index in [0.717, 1.165) is 26.9 Å². The van der Waals surface area contributed by atoms with Crippen molar-refractivity contribution in [1.29, 1.82) is 0 Å². The van der Waals surface area contributed by atoms with Crippen LogP contribution in [0.1, 0.15) is 6.42 Å². The highest BCUT2D eigenvalue weighted by molar-refractivity contribution is 9.10. The Kier molecular flexibility index (Phi) is 8.40. The molecule has 0 spiro atoms. The maximum absolute atomic E-state index is 10.9. The second kappa shape index (κ2) is 9.77. The molecule has 0 saturated carbocycles. The fourth-order valence-corrected chi connectivity index (χ4v) is 2.37. The predicted molar refractivity (Wildman–Crippen MR) is 103 cm³/mol. The minimum absolute atomic E-state index is 0. The molecule has 2 aromatic rings. The molecule has 3 rings (SSSR count). The van der Waals surface area contributed by atoms with E-state index < -0.39 is 0 Å². The summed E-state index contributed by atoms with van der Waals surface area (Å²) in [7, 11) is 0. The van der Waals surface area contributed by atoms with E-state index >= 15 is 0 Å². The van der Waals surface area contributed by atoms with Crippen LogP contribution in [-0.2, 0) is 4.79 Å². The first-order valence-corrected chi connectivity index (χ1v) is 8.22. The summed E-state index contributed by atoms with van der Waals surface area (Å²) < 4.78 is 2.10. The van der Waals surface area contributed by atoms with Gasteiger partial charge in [0.05, 0.1) is 5.69 Å². The average molecular weight is 465 g/mol. The lowest BCUT2D eigenvalue weighted by atomic mass is 10.3. The van der Waals surface area contributed by atoms with E-state index in [9.17, 15) is 4.79 Å². The normalized spacial score (nSPS) is 12.7. The molecule has 1 heterocycles. The lowest BCUT2D eigenvalue weighted by Gasteiger charge is -2.16. The molecular weight excluding hydrogens is 447 g/mol. The zero-order valence-corrected chi connectivity index (χ0v) is 16.1. The van der Waals surface area contributed by atoms with Crippen molar-refractivity contribution < 1.29 is 4.79 Å². The van der Waals surface area contributed by atoms with Crippen molar-refractivity contribution in [3.8, 4) is 0 Å². The molecule has 8 heteroatoms. The SMILES string of the molecule is Cl.NNc1ccc(Br)cc1.O=C1CCN(c2ccc(Br)cc2)N1. The van der Waals surface area contributed by atoms with E-state index in [-0.39, 0.29) is 18.3 Å². The van der Waals surface area contributed by atoms with Gasteiger partial charge in [0.1, 0.15) is 0 Å². The van der Waals surface area contributed by atoms with E-state index in [2.05, 4.69) is 42.7 Å². The highest BCUT2D eigenvalue weighted by Gasteiger charge is 2.17. The summed E-state index contributed by atoms with van der Waals surface area (Å²) in [4.78, 5) is 10.9. The third kappa shape index (κ3) is 6.39. The van der Waals surface area contributed by atoms with Gasteiger partial charge in [-0.2, -0.15) is 0 Å². The van der Waals surface area contributed by atoms with Crippen molar-refractivity contribution in [2.75, 3.05) is 17.0 Å². The van der Waals surface area contributed by atoms with Gasteiger partial charge in [0.15, 0.2) is 0 Å². The Labute approximate surface area is 158 Å². The van der Waals surface area contributed by atoms with E-state index in [4.69, 9.17) is 5.84 Å². The molecule has 0 aliphatic carbocycles. The van der Waals surface area contributed by atoms with Crippen molar-refractivity contribution in [2.45, 2.75) is 6.42 Å². The van der Waals surface area contributed by atoms with Gasteiger partial charge in [-0.3, -0.25) is 21.1 Å². The summed E-state index contributed by atoms with van der Waals surface area (Å²) in [5, 5.41) is 1.86. The highest BCUT2D eigenvalue weighted by atomic mass is 79.9. The predicted octanol–water partition coefficient (Wildman–Crippen LogP) is 3.85. The second-order valence-corrected chi connectivity index (χ2v) is 6.40. The zero-order chi connectivity index (χ0) is 15.9. The number of hydrazine groups is 2. The van der Waals surface area contributed by atoms with Gasteiger partial charge in [-0.05, 0) is 48.5 Å². The average Bonchev–Trinajstić information content (AvgIpc) is 2.96. The molecule has 1 saturated heterocycles. The number of hydrogen-bond acceptors (Lipinski definition) is 4. The zero-order valence-electron chi connectivity index (χ0n) is 12.1. The minimum Gasteiger partial charge on any atom is -0.324 e. The summed E-state index contributed by atoms with van der Waals surface area (Å²) in [6, 6.07) is 15.5. The number of hydrogen-bond donors (Lipinski definition) is 3. The third-order valence-electron chi connectivity index (χ3n) is 2.97. The maximum Gasteiger partial charge on any atom is 0.240 e. The number of amides is 1. The summed E-state index contributed by atoms with van der Waals surface area (Å²) in [6.45, 7) is 0.750. The first-order valence-electron chi connectivity index (χ1n) is 6.63. The van der Waals surface area contributed by atoms with Gasteiger partial charge in [-0.1, -0.05) is 31.9 Å². The number of nitrogens with two attached hydrogens (primary N) is 1. The Morgan fingerprint density at radius 3 is 1.96 bits per heavy atom. The van der Waals surface area contributed by atoms with Crippen LogP contribution in [0.5, 0.6) is 0 Å². The third-order valence-corrected chi connectivity index (χ3v) is 4.03. The minimum atomic E-state index is 0. The monoisotopic (exact) mass is 462 g/mol. The molecule has 23 heavy (non-hydrogen) atoms. The summed E-state index contributed by atoms with van der Waals surface area (Å²) in [5.41, 5.74) is 7.24. The van der Waals surface area contributed by atoms with Crippen molar-refractivity contribution >= 4 is 61.5 Å². The highest BCUT2D eigenvalue weighted by Crippen LogP contribution is 2.18. The smallest absolute Gasteiger partial charge is 0.240 e. The van der Waals surface area contributed by atoms with Gasteiger partial charge in [0.2, 0.25) is 5.91 Å².